The molecule has 0 spiro atoms. The first kappa shape index (κ1) is 21.0. The van der Waals surface area contributed by atoms with E-state index in [2.05, 4.69) is 10.3 Å². The van der Waals surface area contributed by atoms with Crippen molar-refractivity contribution in [2.24, 2.45) is 0 Å². The number of anilines is 1. The lowest BCUT2D eigenvalue weighted by atomic mass is 10.2. The van der Waals surface area contributed by atoms with Crippen LogP contribution in [0, 0.1) is 6.92 Å². The fourth-order valence-electron chi connectivity index (χ4n) is 3.69. The number of hydrogen-bond donors (Lipinski definition) is 1. The SMILES string of the molecule is CCOc1ccc(NC(=O)c2sc3ncn(CC(=O)N4CCCC4)c(=O)c3c2C)cc1. The van der Waals surface area contributed by atoms with E-state index in [9.17, 15) is 14.4 Å². The van der Waals surface area contributed by atoms with Crippen LogP contribution in [0.1, 0.15) is 35.0 Å². The normalized spacial score (nSPS) is 13.5. The van der Waals surface area contributed by atoms with Crippen LogP contribution in [0.3, 0.4) is 0 Å². The van der Waals surface area contributed by atoms with Crippen LogP contribution >= 0.6 is 11.3 Å². The number of nitrogens with one attached hydrogen (secondary N) is 1. The molecule has 0 aliphatic carbocycles. The molecular weight excluding hydrogens is 416 g/mol. The van der Waals surface area contributed by atoms with Crippen LogP contribution in [0.2, 0.25) is 0 Å². The van der Waals surface area contributed by atoms with Gasteiger partial charge in [0.25, 0.3) is 11.5 Å². The summed E-state index contributed by atoms with van der Waals surface area (Å²) in [5.74, 6) is 0.345. The third-order valence-corrected chi connectivity index (χ3v) is 6.51. The molecule has 162 valence electrons. The van der Waals surface area contributed by atoms with E-state index in [1.54, 1.807) is 36.1 Å². The Bertz CT molecular complexity index is 1180. The van der Waals surface area contributed by atoms with Gasteiger partial charge in [-0.2, -0.15) is 0 Å². The molecule has 0 saturated carbocycles. The Morgan fingerprint density at radius 2 is 1.90 bits per heavy atom. The van der Waals surface area contributed by atoms with E-state index in [1.807, 2.05) is 6.92 Å². The van der Waals surface area contributed by atoms with Gasteiger partial charge in [-0.05, 0) is 56.5 Å². The number of aromatic nitrogens is 2. The molecule has 8 nitrogen and oxygen atoms in total. The van der Waals surface area contributed by atoms with Crippen molar-refractivity contribution in [2.75, 3.05) is 25.0 Å². The average molecular weight is 441 g/mol. The number of rotatable bonds is 6. The number of fused-ring (bicyclic) bond motifs is 1. The van der Waals surface area contributed by atoms with Crippen molar-refractivity contribution in [2.45, 2.75) is 33.2 Å². The van der Waals surface area contributed by atoms with Gasteiger partial charge in [-0.1, -0.05) is 0 Å². The zero-order valence-corrected chi connectivity index (χ0v) is 18.3. The van der Waals surface area contributed by atoms with Crippen molar-refractivity contribution in [3.63, 3.8) is 0 Å². The molecule has 1 aromatic carbocycles. The summed E-state index contributed by atoms with van der Waals surface area (Å²) in [4.78, 5) is 45.3. The fraction of sp³-hybridized carbons (Fsp3) is 0.364. The van der Waals surface area contributed by atoms with Crippen molar-refractivity contribution >= 4 is 39.1 Å². The number of likely N-dealkylation sites (tertiary alicyclic amines) is 1. The molecule has 3 aromatic rings. The van der Waals surface area contributed by atoms with E-state index in [0.29, 0.717) is 33.0 Å². The molecule has 2 amide bonds. The number of carbonyl (C=O) groups is 2. The van der Waals surface area contributed by atoms with Gasteiger partial charge in [0.05, 0.1) is 23.2 Å². The van der Waals surface area contributed by atoms with Crippen LogP contribution in [0.4, 0.5) is 5.69 Å². The fourth-order valence-corrected chi connectivity index (χ4v) is 4.72. The van der Waals surface area contributed by atoms with Crippen LogP contribution in [0.15, 0.2) is 35.4 Å². The van der Waals surface area contributed by atoms with Gasteiger partial charge in [0.2, 0.25) is 5.91 Å². The van der Waals surface area contributed by atoms with E-state index in [0.717, 1.165) is 31.7 Å². The van der Waals surface area contributed by atoms with Gasteiger partial charge < -0.3 is 15.0 Å². The van der Waals surface area contributed by atoms with Crippen LogP contribution in [-0.2, 0) is 11.3 Å². The molecular formula is C22H24N4O4S. The molecule has 0 atom stereocenters. The standard InChI is InChI=1S/C22H24N4O4S/c1-3-30-16-8-6-15(7-9-16)24-20(28)19-14(2)18-21(31-19)23-13-26(22(18)29)12-17(27)25-10-4-5-11-25/h6-9,13H,3-5,10-12H2,1-2H3,(H,24,28). The highest BCUT2D eigenvalue weighted by Crippen LogP contribution is 2.28. The Morgan fingerprint density at radius 1 is 1.19 bits per heavy atom. The monoisotopic (exact) mass is 440 g/mol. The quantitative estimate of drug-likeness (QED) is 0.636. The Hall–Kier alpha value is -3.20. The number of aryl methyl sites for hydroxylation is 1. The summed E-state index contributed by atoms with van der Waals surface area (Å²) >= 11 is 1.17. The molecule has 0 radical (unpaired) electrons. The molecule has 4 rings (SSSR count). The summed E-state index contributed by atoms with van der Waals surface area (Å²) < 4.78 is 6.74. The second-order valence-electron chi connectivity index (χ2n) is 7.41. The van der Waals surface area contributed by atoms with Gasteiger partial charge in [-0.25, -0.2) is 4.98 Å². The number of thiophene rings is 1. The Morgan fingerprint density at radius 3 is 2.58 bits per heavy atom. The number of ether oxygens (including phenoxy) is 1. The molecule has 3 heterocycles. The van der Waals surface area contributed by atoms with Gasteiger partial charge >= 0.3 is 0 Å². The first-order valence-electron chi connectivity index (χ1n) is 10.3. The smallest absolute Gasteiger partial charge is 0.266 e. The summed E-state index contributed by atoms with van der Waals surface area (Å²) in [6, 6.07) is 7.10. The highest BCUT2D eigenvalue weighted by Gasteiger charge is 2.22. The van der Waals surface area contributed by atoms with Gasteiger partial charge in [-0.15, -0.1) is 11.3 Å². The van der Waals surface area contributed by atoms with Crippen molar-refractivity contribution < 1.29 is 14.3 Å². The summed E-state index contributed by atoms with van der Waals surface area (Å²) in [5, 5.41) is 3.24. The maximum Gasteiger partial charge on any atom is 0.266 e. The first-order valence-corrected chi connectivity index (χ1v) is 11.1. The second kappa shape index (κ2) is 8.89. The molecule has 31 heavy (non-hydrogen) atoms. The minimum atomic E-state index is -0.302. The zero-order valence-electron chi connectivity index (χ0n) is 17.5. The van der Waals surface area contributed by atoms with Gasteiger partial charge in [0.15, 0.2) is 0 Å². The highest BCUT2D eigenvalue weighted by atomic mass is 32.1. The maximum absolute atomic E-state index is 13.0. The lowest BCUT2D eigenvalue weighted by molar-refractivity contribution is -0.130. The van der Waals surface area contributed by atoms with Crippen LogP contribution < -0.4 is 15.6 Å². The van der Waals surface area contributed by atoms with E-state index in [4.69, 9.17) is 4.74 Å². The predicted octanol–water partition coefficient (Wildman–Crippen LogP) is 3.04. The Kier molecular flexibility index (Phi) is 6.03. The summed E-state index contributed by atoms with van der Waals surface area (Å²) in [5.41, 5.74) is 0.905. The van der Waals surface area contributed by atoms with Crippen molar-refractivity contribution in [1.82, 2.24) is 14.5 Å². The minimum Gasteiger partial charge on any atom is -0.494 e. The molecule has 9 heteroatoms. The molecule has 2 aromatic heterocycles. The third kappa shape index (κ3) is 4.32. The highest BCUT2D eigenvalue weighted by molar-refractivity contribution is 7.20. The zero-order chi connectivity index (χ0) is 22.0. The second-order valence-corrected chi connectivity index (χ2v) is 8.41. The van der Waals surface area contributed by atoms with E-state index in [-0.39, 0.29) is 23.9 Å². The third-order valence-electron chi connectivity index (χ3n) is 5.31. The van der Waals surface area contributed by atoms with Crippen LogP contribution in [-0.4, -0.2) is 46.0 Å². The molecule has 1 aliphatic rings. The van der Waals surface area contributed by atoms with Crippen molar-refractivity contribution in [3.05, 3.63) is 51.4 Å². The number of amides is 2. The van der Waals surface area contributed by atoms with Crippen molar-refractivity contribution in [3.8, 4) is 5.75 Å². The molecule has 1 aliphatic heterocycles. The van der Waals surface area contributed by atoms with Crippen LogP contribution in [0.5, 0.6) is 5.75 Å². The first-order chi connectivity index (χ1) is 15.0. The van der Waals surface area contributed by atoms with Gasteiger partial charge in [0, 0.05) is 18.8 Å². The number of hydrogen-bond acceptors (Lipinski definition) is 6. The van der Waals surface area contributed by atoms with Crippen molar-refractivity contribution in [1.29, 1.82) is 0 Å². The number of carbonyl (C=O) groups excluding carboxylic acids is 2. The van der Waals surface area contributed by atoms with Gasteiger partial charge in [0.1, 0.15) is 17.1 Å². The molecule has 1 N–H and O–H groups in total. The van der Waals surface area contributed by atoms with E-state index in [1.165, 1.54) is 22.2 Å². The average Bonchev–Trinajstić information content (AvgIpc) is 3.40. The molecule has 0 unspecified atom stereocenters. The molecule has 0 bridgehead atoms. The predicted molar refractivity (Wildman–Crippen MR) is 120 cm³/mol. The lowest BCUT2D eigenvalue weighted by Crippen LogP contribution is -2.34. The minimum absolute atomic E-state index is 0.0369. The van der Waals surface area contributed by atoms with Crippen LogP contribution in [0.25, 0.3) is 10.2 Å². The number of nitrogens with zero attached hydrogens (tertiary/aromatic N) is 3. The topological polar surface area (TPSA) is 93.5 Å². The largest absolute Gasteiger partial charge is 0.494 e. The van der Waals surface area contributed by atoms with E-state index < -0.39 is 0 Å². The summed E-state index contributed by atoms with van der Waals surface area (Å²) in [6.07, 6.45) is 3.38. The Balaban J connectivity index is 1.57. The molecule has 1 fully saturated rings. The lowest BCUT2D eigenvalue weighted by Gasteiger charge is -2.15. The van der Waals surface area contributed by atoms with E-state index >= 15 is 0 Å². The Labute approximate surface area is 183 Å². The summed E-state index contributed by atoms with van der Waals surface area (Å²) in [7, 11) is 0. The maximum atomic E-state index is 13.0. The molecule has 1 saturated heterocycles. The van der Waals surface area contributed by atoms with Gasteiger partial charge in [-0.3, -0.25) is 19.0 Å². The summed E-state index contributed by atoms with van der Waals surface area (Å²) in [6.45, 7) is 5.64. The number of benzene rings is 1.